The highest BCUT2D eigenvalue weighted by atomic mass is 79.9. The Labute approximate surface area is 108 Å². The predicted molar refractivity (Wildman–Crippen MR) is 67.1 cm³/mol. The molecule has 2 heterocycles. The van der Waals surface area contributed by atoms with E-state index in [1.807, 2.05) is 18.2 Å². The smallest absolute Gasteiger partial charge is 0.214 e. The van der Waals surface area contributed by atoms with Crippen LogP contribution in [-0.4, -0.2) is 17.1 Å². The van der Waals surface area contributed by atoms with Crippen LogP contribution in [0.15, 0.2) is 41.3 Å². The Morgan fingerprint density at radius 2 is 2.18 bits per heavy atom. The molecular formula is C12H11BrN2O2. The molecule has 88 valence electrons. The fourth-order valence-corrected chi connectivity index (χ4v) is 1.66. The van der Waals surface area contributed by atoms with Gasteiger partial charge in [0.15, 0.2) is 0 Å². The summed E-state index contributed by atoms with van der Waals surface area (Å²) in [5, 5.41) is 0. The van der Waals surface area contributed by atoms with Gasteiger partial charge in [0.25, 0.3) is 0 Å². The van der Waals surface area contributed by atoms with Gasteiger partial charge in [0, 0.05) is 17.8 Å². The second-order valence-corrected chi connectivity index (χ2v) is 4.09. The summed E-state index contributed by atoms with van der Waals surface area (Å²) in [6.45, 7) is 0.398. The van der Waals surface area contributed by atoms with Crippen LogP contribution in [0.1, 0.15) is 5.56 Å². The summed E-state index contributed by atoms with van der Waals surface area (Å²) >= 11 is 3.29. The van der Waals surface area contributed by atoms with Gasteiger partial charge in [0.05, 0.1) is 13.3 Å². The minimum absolute atomic E-state index is 0.398. The normalized spacial score (nSPS) is 10.0. The van der Waals surface area contributed by atoms with Gasteiger partial charge in [-0.25, -0.2) is 4.98 Å². The molecule has 0 aliphatic carbocycles. The third kappa shape index (κ3) is 3.17. The van der Waals surface area contributed by atoms with Gasteiger partial charge in [-0.1, -0.05) is 6.07 Å². The van der Waals surface area contributed by atoms with E-state index in [9.17, 15) is 0 Å². The summed E-state index contributed by atoms with van der Waals surface area (Å²) in [6, 6.07) is 7.38. The molecule has 2 aromatic heterocycles. The van der Waals surface area contributed by atoms with Crippen LogP contribution in [0.5, 0.6) is 11.6 Å². The average molecular weight is 295 g/mol. The van der Waals surface area contributed by atoms with Crippen molar-refractivity contribution in [3.63, 3.8) is 0 Å². The van der Waals surface area contributed by atoms with E-state index in [0.717, 1.165) is 10.2 Å². The number of ether oxygens (including phenoxy) is 2. The molecule has 0 fully saturated rings. The van der Waals surface area contributed by atoms with Crippen LogP contribution in [0.3, 0.4) is 0 Å². The van der Waals surface area contributed by atoms with Crippen LogP contribution < -0.4 is 9.47 Å². The second kappa shape index (κ2) is 5.63. The monoisotopic (exact) mass is 294 g/mol. The third-order valence-electron chi connectivity index (χ3n) is 2.16. The quantitative estimate of drug-likeness (QED) is 0.814. The minimum Gasteiger partial charge on any atom is -0.495 e. The van der Waals surface area contributed by atoms with Crippen LogP contribution in [0.25, 0.3) is 0 Å². The van der Waals surface area contributed by atoms with E-state index in [0.29, 0.717) is 18.2 Å². The lowest BCUT2D eigenvalue weighted by atomic mass is 10.2. The molecule has 0 radical (unpaired) electrons. The van der Waals surface area contributed by atoms with Crippen LogP contribution in [0.2, 0.25) is 0 Å². The summed E-state index contributed by atoms with van der Waals surface area (Å²) in [5.41, 5.74) is 0.935. The van der Waals surface area contributed by atoms with Crippen LogP contribution in [-0.2, 0) is 6.61 Å². The molecule has 0 amide bonds. The molecule has 2 rings (SSSR count). The Hall–Kier alpha value is -1.62. The van der Waals surface area contributed by atoms with Crippen molar-refractivity contribution in [3.8, 4) is 11.6 Å². The fraction of sp³-hybridized carbons (Fsp3) is 0.167. The van der Waals surface area contributed by atoms with Crippen LogP contribution >= 0.6 is 15.9 Å². The molecule has 0 bridgehead atoms. The van der Waals surface area contributed by atoms with Gasteiger partial charge in [-0.3, -0.25) is 4.98 Å². The van der Waals surface area contributed by atoms with Crippen molar-refractivity contribution >= 4 is 15.9 Å². The van der Waals surface area contributed by atoms with Gasteiger partial charge in [-0.05, 0) is 28.1 Å². The summed E-state index contributed by atoms with van der Waals surface area (Å²) in [4.78, 5) is 8.16. The lowest BCUT2D eigenvalue weighted by molar-refractivity contribution is 0.285. The van der Waals surface area contributed by atoms with E-state index < -0.39 is 0 Å². The van der Waals surface area contributed by atoms with Crippen molar-refractivity contribution in [1.29, 1.82) is 0 Å². The summed E-state index contributed by atoms with van der Waals surface area (Å²) < 4.78 is 11.5. The zero-order valence-electron chi connectivity index (χ0n) is 9.26. The molecule has 2 aromatic rings. The van der Waals surface area contributed by atoms with Crippen LogP contribution in [0, 0.1) is 0 Å². The molecule has 0 saturated carbocycles. The number of nitrogens with zero attached hydrogens (tertiary/aromatic N) is 2. The van der Waals surface area contributed by atoms with Gasteiger partial charge < -0.3 is 9.47 Å². The van der Waals surface area contributed by atoms with E-state index >= 15 is 0 Å². The largest absolute Gasteiger partial charge is 0.495 e. The standard InChI is InChI=1S/C12H11BrN2O2/c1-16-10-7-14-6-5-9(10)8-17-12-4-2-3-11(13)15-12/h2-7H,8H2,1H3. The first-order valence-electron chi connectivity index (χ1n) is 5.02. The number of halogens is 1. The molecule has 0 atom stereocenters. The first-order valence-corrected chi connectivity index (χ1v) is 5.81. The highest BCUT2D eigenvalue weighted by Gasteiger charge is 2.03. The molecule has 0 N–H and O–H groups in total. The maximum atomic E-state index is 5.57. The first kappa shape index (κ1) is 11.9. The molecule has 5 heteroatoms. The lowest BCUT2D eigenvalue weighted by Crippen LogP contribution is -2.00. The van der Waals surface area contributed by atoms with Gasteiger partial charge in [0.2, 0.25) is 5.88 Å². The van der Waals surface area contributed by atoms with Gasteiger partial charge in [0.1, 0.15) is 17.0 Å². The van der Waals surface area contributed by atoms with Crippen LogP contribution in [0.4, 0.5) is 0 Å². The van der Waals surface area contributed by atoms with Crippen molar-refractivity contribution in [2.24, 2.45) is 0 Å². The molecule has 0 aliphatic heterocycles. The maximum absolute atomic E-state index is 5.57. The maximum Gasteiger partial charge on any atom is 0.214 e. The molecule has 0 spiro atoms. The van der Waals surface area contributed by atoms with Crippen molar-refractivity contribution in [2.45, 2.75) is 6.61 Å². The number of aromatic nitrogens is 2. The Morgan fingerprint density at radius 1 is 1.29 bits per heavy atom. The Balaban J connectivity index is 2.07. The summed E-state index contributed by atoms with van der Waals surface area (Å²) in [5.74, 6) is 1.28. The number of hydrogen-bond donors (Lipinski definition) is 0. The number of rotatable bonds is 4. The number of pyridine rings is 2. The molecule has 4 nitrogen and oxygen atoms in total. The highest BCUT2D eigenvalue weighted by Crippen LogP contribution is 2.19. The second-order valence-electron chi connectivity index (χ2n) is 3.27. The zero-order chi connectivity index (χ0) is 12.1. The van der Waals surface area contributed by atoms with Crippen molar-refractivity contribution in [3.05, 3.63) is 46.8 Å². The number of methoxy groups -OCH3 is 1. The molecular weight excluding hydrogens is 284 g/mol. The van der Waals surface area contributed by atoms with Crippen molar-refractivity contribution in [2.75, 3.05) is 7.11 Å². The van der Waals surface area contributed by atoms with Gasteiger partial charge in [-0.2, -0.15) is 0 Å². The first-order chi connectivity index (χ1) is 8.29. The lowest BCUT2D eigenvalue weighted by Gasteiger charge is -2.08. The van der Waals surface area contributed by atoms with Gasteiger partial charge >= 0.3 is 0 Å². The zero-order valence-corrected chi connectivity index (χ0v) is 10.8. The molecule has 0 saturated heterocycles. The topological polar surface area (TPSA) is 44.2 Å². The van der Waals surface area contributed by atoms with E-state index in [4.69, 9.17) is 9.47 Å². The summed E-state index contributed by atoms with van der Waals surface area (Å²) in [6.07, 6.45) is 3.36. The van der Waals surface area contributed by atoms with E-state index in [2.05, 4.69) is 25.9 Å². The molecule has 0 aromatic carbocycles. The van der Waals surface area contributed by atoms with Gasteiger partial charge in [-0.15, -0.1) is 0 Å². The Kier molecular flexibility index (Phi) is 3.93. The van der Waals surface area contributed by atoms with E-state index in [1.54, 1.807) is 25.6 Å². The minimum atomic E-state index is 0.398. The Bertz CT molecular complexity index is 505. The van der Waals surface area contributed by atoms with E-state index in [1.165, 1.54) is 0 Å². The SMILES string of the molecule is COc1cnccc1COc1cccc(Br)n1. The molecule has 17 heavy (non-hydrogen) atoms. The average Bonchev–Trinajstić information content (AvgIpc) is 2.37. The number of hydrogen-bond acceptors (Lipinski definition) is 4. The predicted octanol–water partition coefficient (Wildman–Crippen LogP) is 2.83. The summed E-state index contributed by atoms with van der Waals surface area (Å²) in [7, 11) is 1.61. The molecule has 0 aliphatic rings. The highest BCUT2D eigenvalue weighted by molar-refractivity contribution is 9.10. The fourth-order valence-electron chi connectivity index (χ4n) is 1.33. The Morgan fingerprint density at radius 3 is 2.94 bits per heavy atom. The third-order valence-corrected chi connectivity index (χ3v) is 2.60. The van der Waals surface area contributed by atoms with Crippen molar-refractivity contribution in [1.82, 2.24) is 9.97 Å². The molecule has 0 unspecified atom stereocenters. The van der Waals surface area contributed by atoms with Crippen molar-refractivity contribution < 1.29 is 9.47 Å². The van der Waals surface area contributed by atoms with E-state index in [-0.39, 0.29) is 0 Å².